The summed E-state index contributed by atoms with van der Waals surface area (Å²) in [5, 5.41) is 3.93. The van der Waals surface area contributed by atoms with Crippen LogP contribution in [0.2, 0.25) is 0 Å². The fraction of sp³-hybridized carbons (Fsp3) is 0.130. The van der Waals surface area contributed by atoms with Crippen molar-refractivity contribution in [3.05, 3.63) is 78.3 Å². The van der Waals surface area contributed by atoms with Crippen molar-refractivity contribution in [2.24, 2.45) is 0 Å². The molecule has 4 rings (SSSR count). The lowest BCUT2D eigenvalue weighted by molar-refractivity contribution is -0.116. The van der Waals surface area contributed by atoms with Crippen LogP contribution in [0.15, 0.2) is 71.6 Å². The molecule has 0 unspecified atom stereocenters. The lowest BCUT2D eigenvalue weighted by atomic mass is 10.0. The zero-order valence-electron chi connectivity index (χ0n) is 16.0. The van der Waals surface area contributed by atoms with Gasteiger partial charge in [-0.1, -0.05) is 30.3 Å². The number of amides is 1. The molecule has 0 aliphatic rings. The van der Waals surface area contributed by atoms with Gasteiger partial charge in [0, 0.05) is 35.3 Å². The molecule has 1 amide bonds. The van der Waals surface area contributed by atoms with Crippen molar-refractivity contribution in [1.82, 2.24) is 15.3 Å². The maximum absolute atomic E-state index is 12.2. The Morgan fingerprint density at radius 1 is 1.24 bits per heavy atom. The van der Waals surface area contributed by atoms with Gasteiger partial charge < -0.3 is 19.5 Å². The molecule has 0 fully saturated rings. The number of fused-ring (bicyclic) bond motifs is 1. The number of H-pyrrole nitrogens is 1. The van der Waals surface area contributed by atoms with Crippen LogP contribution in [-0.2, 0) is 11.2 Å². The summed E-state index contributed by atoms with van der Waals surface area (Å²) < 4.78 is 10.7. The Morgan fingerprint density at radius 3 is 2.97 bits per heavy atom. The van der Waals surface area contributed by atoms with E-state index in [0.717, 1.165) is 33.3 Å². The van der Waals surface area contributed by atoms with Gasteiger partial charge in [0.25, 0.3) is 0 Å². The summed E-state index contributed by atoms with van der Waals surface area (Å²) in [5.41, 5.74) is 3.86. The molecule has 2 heterocycles. The van der Waals surface area contributed by atoms with Crippen LogP contribution in [0, 0.1) is 0 Å². The zero-order valence-corrected chi connectivity index (χ0v) is 16.0. The molecule has 0 spiro atoms. The summed E-state index contributed by atoms with van der Waals surface area (Å²) >= 11 is 0. The molecule has 2 aromatic carbocycles. The van der Waals surface area contributed by atoms with Crippen LogP contribution in [0.5, 0.6) is 5.75 Å². The number of aromatic amines is 1. The molecule has 29 heavy (non-hydrogen) atoms. The number of oxazole rings is 1. The fourth-order valence-corrected chi connectivity index (χ4v) is 3.30. The number of ether oxygens (including phenoxy) is 1. The Bertz CT molecular complexity index is 1140. The second kappa shape index (κ2) is 8.48. The van der Waals surface area contributed by atoms with E-state index < -0.39 is 0 Å². The van der Waals surface area contributed by atoms with Gasteiger partial charge in [0.05, 0.1) is 18.8 Å². The molecule has 0 atom stereocenters. The van der Waals surface area contributed by atoms with Crippen LogP contribution in [0.4, 0.5) is 0 Å². The quantitative estimate of drug-likeness (QED) is 0.466. The topological polar surface area (TPSA) is 80.2 Å². The first-order chi connectivity index (χ1) is 14.3. The van der Waals surface area contributed by atoms with E-state index in [1.165, 1.54) is 0 Å². The number of methoxy groups -OCH3 is 1. The molecule has 0 bridgehead atoms. The highest BCUT2D eigenvalue weighted by Gasteiger charge is 2.09. The maximum Gasteiger partial charge on any atom is 0.244 e. The molecule has 0 aliphatic heterocycles. The summed E-state index contributed by atoms with van der Waals surface area (Å²) in [6.07, 6.45) is 9.07. The highest BCUT2D eigenvalue weighted by Crippen LogP contribution is 2.27. The number of hydrogen-bond acceptors (Lipinski definition) is 4. The van der Waals surface area contributed by atoms with Gasteiger partial charge >= 0.3 is 0 Å². The van der Waals surface area contributed by atoms with Gasteiger partial charge in [0.1, 0.15) is 12.0 Å². The molecule has 2 N–H and O–H groups in total. The van der Waals surface area contributed by atoms with Crippen molar-refractivity contribution in [3.8, 4) is 17.2 Å². The van der Waals surface area contributed by atoms with E-state index in [9.17, 15) is 4.79 Å². The zero-order chi connectivity index (χ0) is 20.1. The number of para-hydroxylation sites is 1. The third-order valence-corrected chi connectivity index (χ3v) is 4.72. The molecule has 0 radical (unpaired) electrons. The molecule has 6 nitrogen and oxygen atoms in total. The Balaban J connectivity index is 1.38. The summed E-state index contributed by atoms with van der Waals surface area (Å²) in [6, 6.07) is 13.7. The minimum absolute atomic E-state index is 0.143. The van der Waals surface area contributed by atoms with Crippen molar-refractivity contribution in [3.63, 3.8) is 0 Å². The standard InChI is InChI=1S/C23H21N3O3/c1-28-20-8-4-7-18-17(15-26-22(18)20)9-10-21(27)24-12-11-16-5-2-3-6-19(16)23-25-13-14-29-23/h2-10,13-15,26H,11-12H2,1H3,(H,24,27)/b10-9+. The number of carbonyl (C=O) groups is 1. The van der Waals surface area contributed by atoms with Crippen LogP contribution >= 0.6 is 0 Å². The van der Waals surface area contributed by atoms with E-state index in [1.807, 2.05) is 48.7 Å². The van der Waals surface area contributed by atoms with Gasteiger partial charge in [-0.05, 0) is 30.2 Å². The van der Waals surface area contributed by atoms with Crippen molar-refractivity contribution in [2.45, 2.75) is 6.42 Å². The minimum Gasteiger partial charge on any atom is -0.495 e. The van der Waals surface area contributed by atoms with Crippen LogP contribution in [0.25, 0.3) is 28.4 Å². The van der Waals surface area contributed by atoms with Crippen LogP contribution in [-0.4, -0.2) is 29.5 Å². The van der Waals surface area contributed by atoms with Crippen molar-refractivity contribution < 1.29 is 13.9 Å². The maximum atomic E-state index is 12.2. The molecule has 4 aromatic rings. The summed E-state index contributed by atoms with van der Waals surface area (Å²) in [6.45, 7) is 0.516. The molecule has 0 saturated carbocycles. The van der Waals surface area contributed by atoms with Crippen LogP contribution < -0.4 is 10.1 Å². The molecule has 146 valence electrons. The number of carbonyl (C=O) groups excluding carboxylic acids is 1. The van der Waals surface area contributed by atoms with Gasteiger partial charge in [-0.15, -0.1) is 0 Å². The van der Waals surface area contributed by atoms with Gasteiger partial charge in [0.2, 0.25) is 11.8 Å². The Labute approximate surface area is 168 Å². The van der Waals surface area contributed by atoms with E-state index in [4.69, 9.17) is 9.15 Å². The number of hydrogen-bond donors (Lipinski definition) is 2. The summed E-state index contributed by atoms with van der Waals surface area (Å²) in [7, 11) is 1.64. The first kappa shape index (κ1) is 18.6. The van der Waals surface area contributed by atoms with E-state index in [-0.39, 0.29) is 5.91 Å². The number of nitrogens with one attached hydrogen (secondary N) is 2. The van der Waals surface area contributed by atoms with E-state index in [2.05, 4.69) is 15.3 Å². The van der Waals surface area contributed by atoms with Crippen LogP contribution in [0.3, 0.4) is 0 Å². The average Bonchev–Trinajstić information content (AvgIpc) is 3.42. The Morgan fingerprint density at radius 2 is 2.14 bits per heavy atom. The number of nitrogens with zero attached hydrogens (tertiary/aromatic N) is 1. The van der Waals surface area contributed by atoms with E-state index >= 15 is 0 Å². The molecule has 0 aliphatic carbocycles. The van der Waals surface area contributed by atoms with Gasteiger partial charge in [-0.25, -0.2) is 4.98 Å². The minimum atomic E-state index is -0.143. The lowest BCUT2D eigenvalue weighted by Crippen LogP contribution is -2.23. The van der Waals surface area contributed by atoms with Gasteiger partial charge in [0.15, 0.2) is 0 Å². The third kappa shape index (κ3) is 4.06. The number of aromatic nitrogens is 2. The average molecular weight is 387 g/mol. The van der Waals surface area contributed by atoms with Crippen LogP contribution in [0.1, 0.15) is 11.1 Å². The first-order valence-electron chi connectivity index (χ1n) is 9.34. The Kier molecular flexibility index (Phi) is 5.42. The highest BCUT2D eigenvalue weighted by molar-refractivity contribution is 5.97. The normalized spacial score (nSPS) is 11.2. The molecule has 0 saturated heterocycles. The highest BCUT2D eigenvalue weighted by atomic mass is 16.5. The fourth-order valence-electron chi connectivity index (χ4n) is 3.30. The first-order valence-corrected chi connectivity index (χ1v) is 9.34. The van der Waals surface area contributed by atoms with Gasteiger partial charge in [-0.3, -0.25) is 4.79 Å². The predicted molar refractivity (Wildman–Crippen MR) is 113 cm³/mol. The molecular weight excluding hydrogens is 366 g/mol. The van der Waals surface area contributed by atoms with Crippen molar-refractivity contribution in [2.75, 3.05) is 13.7 Å². The van der Waals surface area contributed by atoms with Crippen molar-refractivity contribution >= 4 is 22.9 Å². The van der Waals surface area contributed by atoms with E-state index in [0.29, 0.717) is 18.9 Å². The van der Waals surface area contributed by atoms with E-state index in [1.54, 1.807) is 31.7 Å². The van der Waals surface area contributed by atoms with Gasteiger partial charge in [-0.2, -0.15) is 0 Å². The molecular formula is C23H21N3O3. The molecule has 2 aromatic heterocycles. The SMILES string of the molecule is COc1cccc2c(/C=C/C(=O)NCCc3ccccc3-c3ncco3)c[nH]c12. The lowest BCUT2D eigenvalue weighted by Gasteiger charge is -2.07. The number of rotatable bonds is 7. The smallest absolute Gasteiger partial charge is 0.244 e. The summed E-state index contributed by atoms with van der Waals surface area (Å²) in [5.74, 6) is 1.22. The summed E-state index contributed by atoms with van der Waals surface area (Å²) in [4.78, 5) is 19.6. The third-order valence-electron chi connectivity index (χ3n) is 4.72. The largest absolute Gasteiger partial charge is 0.495 e. The second-order valence-electron chi connectivity index (χ2n) is 6.50. The number of benzene rings is 2. The second-order valence-corrected chi connectivity index (χ2v) is 6.50. The van der Waals surface area contributed by atoms with Crippen molar-refractivity contribution in [1.29, 1.82) is 0 Å². The monoisotopic (exact) mass is 387 g/mol. The Hall–Kier alpha value is -3.80. The predicted octanol–water partition coefficient (Wildman–Crippen LogP) is 4.20. The molecule has 6 heteroatoms.